The first kappa shape index (κ1) is 18.5. The second-order valence-electron chi connectivity index (χ2n) is 5.12. The first-order valence-electron chi connectivity index (χ1n) is 7.56. The summed E-state index contributed by atoms with van der Waals surface area (Å²) < 4.78 is 11.3. The second kappa shape index (κ2) is 8.89. The summed E-state index contributed by atoms with van der Waals surface area (Å²) in [5.74, 6) is 1.10. The molecule has 0 aliphatic heterocycles. The Hall–Kier alpha value is -1.80. The van der Waals surface area contributed by atoms with Crippen LogP contribution >= 0.6 is 23.1 Å². The number of benzene rings is 1. The summed E-state index contributed by atoms with van der Waals surface area (Å²) in [5.41, 5.74) is 0.837. The topological polar surface area (TPSA) is 73.3 Å². The molecule has 1 N–H and O–H groups in total. The lowest BCUT2D eigenvalue weighted by molar-refractivity contribution is -0.115. The fourth-order valence-corrected chi connectivity index (χ4v) is 3.92. The van der Waals surface area contributed by atoms with Crippen molar-refractivity contribution < 1.29 is 14.3 Å². The summed E-state index contributed by atoms with van der Waals surface area (Å²) in [5, 5.41) is 11.9. The molecule has 1 atom stereocenters. The predicted molar refractivity (Wildman–Crippen MR) is 97.4 cm³/mol. The molecule has 8 heteroatoms. The van der Waals surface area contributed by atoms with E-state index in [0.717, 1.165) is 16.3 Å². The van der Waals surface area contributed by atoms with Gasteiger partial charge in [0, 0.05) is 5.25 Å². The van der Waals surface area contributed by atoms with Crippen molar-refractivity contribution in [2.75, 3.05) is 19.5 Å². The molecule has 0 saturated heterocycles. The molecule has 1 aromatic carbocycles. The van der Waals surface area contributed by atoms with Crippen molar-refractivity contribution in [2.45, 2.75) is 36.3 Å². The fraction of sp³-hybridized carbons (Fsp3) is 0.438. The first-order chi connectivity index (χ1) is 11.5. The van der Waals surface area contributed by atoms with E-state index < -0.39 is 0 Å². The van der Waals surface area contributed by atoms with Crippen LogP contribution in [0.2, 0.25) is 0 Å². The number of carbonyl (C=O) groups excluding carboxylic acids is 1. The molecule has 1 aromatic heterocycles. The summed E-state index contributed by atoms with van der Waals surface area (Å²) in [4.78, 5) is 12.2. The van der Waals surface area contributed by atoms with Crippen LogP contribution in [0.3, 0.4) is 0 Å². The maximum absolute atomic E-state index is 12.2. The van der Waals surface area contributed by atoms with Crippen LogP contribution in [0.1, 0.15) is 25.8 Å². The quantitative estimate of drug-likeness (QED) is 0.567. The van der Waals surface area contributed by atoms with E-state index in [1.807, 2.05) is 6.07 Å². The number of amides is 1. The molecule has 6 nitrogen and oxygen atoms in total. The van der Waals surface area contributed by atoms with E-state index in [1.165, 1.54) is 11.3 Å². The Bertz CT molecular complexity index is 691. The number of aromatic nitrogens is 2. The first-order valence-corrected chi connectivity index (χ1v) is 9.26. The summed E-state index contributed by atoms with van der Waals surface area (Å²) in [6.45, 7) is 4.27. The molecule has 0 spiro atoms. The van der Waals surface area contributed by atoms with Crippen molar-refractivity contribution in [1.82, 2.24) is 10.2 Å². The van der Waals surface area contributed by atoms with Crippen LogP contribution < -0.4 is 14.8 Å². The van der Waals surface area contributed by atoms with Gasteiger partial charge in [0.15, 0.2) is 15.8 Å². The molecule has 2 rings (SSSR count). The maximum Gasteiger partial charge on any atom is 0.230 e. The molecule has 0 aliphatic rings. The minimum absolute atomic E-state index is 0.140. The van der Waals surface area contributed by atoms with Gasteiger partial charge < -0.3 is 14.8 Å². The molecule has 2 aromatic rings. The third kappa shape index (κ3) is 5.10. The molecule has 0 bridgehead atoms. The Morgan fingerprint density at radius 2 is 2.04 bits per heavy atom. The number of ether oxygens (including phenoxy) is 2. The summed E-state index contributed by atoms with van der Waals surface area (Å²) >= 11 is 3.06. The molecule has 130 valence electrons. The Morgan fingerprint density at radius 3 is 2.71 bits per heavy atom. The zero-order valence-corrected chi connectivity index (χ0v) is 15.8. The summed E-state index contributed by atoms with van der Waals surface area (Å²) in [6, 6.07) is 5.42. The summed E-state index contributed by atoms with van der Waals surface area (Å²) in [7, 11) is 3.15. The van der Waals surface area contributed by atoms with Crippen LogP contribution in [0.15, 0.2) is 22.5 Å². The van der Waals surface area contributed by atoms with Gasteiger partial charge in [-0.3, -0.25) is 4.79 Å². The highest BCUT2D eigenvalue weighted by molar-refractivity contribution is 8.01. The average Bonchev–Trinajstić information content (AvgIpc) is 3.01. The van der Waals surface area contributed by atoms with E-state index in [4.69, 9.17) is 9.47 Å². The van der Waals surface area contributed by atoms with Crippen molar-refractivity contribution >= 4 is 34.1 Å². The molecule has 0 radical (unpaired) electrons. The van der Waals surface area contributed by atoms with Crippen molar-refractivity contribution in [3.05, 3.63) is 23.8 Å². The highest BCUT2D eigenvalue weighted by Gasteiger charge is 2.12. The monoisotopic (exact) mass is 367 g/mol. The van der Waals surface area contributed by atoms with Gasteiger partial charge in [0.05, 0.1) is 20.6 Å². The standard InChI is InChI=1S/C16H21N3O3S2/c1-5-10(2)23-16-19-18-15(24-16)17-14(20)9-11-6-7-12(21-3)13(8-11)22-4/h6-8,10H,5,9H2,1-4H3,(H,17,18,20)/t10-/m1/s1. The lowest BCUT2D eigenvalue weighted by atomic mass is 10.1. The summed E-state index contributed by atoms with van der Waals surface area (Å²) in [6.07, 6.45) is 1.29. The molecule has 0 aliphatic carbocycles. The largest absolute Gasteiger partial charge is 0.493 e. The number of nitrogens with one attached hydrogen (secondary N) is 1. The van der Waals surface area contributed by atoms with Gasteiger partial charge in [-0.1, -0.05) is 43.0 Å². The second-order valence-corrected chi connectivity index (χ2v) is 7.79. The number of anilines is 1. The van der Waals surface area contributed by atoms with Gasteiger partial charge in [0.1, 0.15) is 0 Å². The molecule has 24 heavy (non-hydrogen) atoms. The minimum atomic E-state index is -0.140. The molecule has 0 saturated carbocycles. The van der Waals surface area contributed by atoms with E-state index in [9.17, 15) is 4.79 Å². The van der Waals surface area contributed by atoms with Gasteiger partial charge in [-0.25, -0.2) is 0 Å². The zero-order valence-electron chi connectivity index (χ0n) is 14.2. The van der Waals surface area contributed by atoms with Gasteiger partial charge in [0.25, 0.3) is 0 Å². The van der Waals surface area contributed by atoms with Gasteiger partial charge in [-0.2, -0.15) is 0 Å². The lowest BCUT2D eigenvalue weighted by Gasteiger charge is -2.09. The van der Waals surface area contributed by atoms with Gasteiger partial charge in [-0.15, -0.1) is 10.2 Å². The smallest absolute Gasteiger partial charge is 0.230 e. The van der Waals surface area contributed by atoms with Crippen molar-refractivity contribution in [2.24, 2.45) is 0 Å². The van der Waals surface area contributed by atoms with Crippen molar-refractivity contribution in [1.29, 1.82) is 0 Å². The number of rotatable bonds is 8. The number of methoxy groups -OCH3 is 2. The molecular formula is C16H21N3O3S2. The number of nitrogens with zero attached hydrogens (tertiary/aromatic N) is 2. The van der Waals surface area contributed by atoms with Gasteiger partial charge >= 0.3 is 0 Å². The van der Waals surface area contributed by atoms with Crippen LogP contribution in [-0.4, -0.2) is 35.6 Å². The highest BCUT2D eigenvalue weighted by atomic mass is 32.2. The van der Waals surface area contributed by atoms with Crippen LogP contribution in [0.5, 0.6) is 11.5 Å². The van der Waals surface area contributed by atoms with E-state index in [1.54, 1.807) is 38.1 Å². The number of hydrogen-bond acceptors (Lipinski definition) is 7. The Balaban J connectivity index is 1.96. The molecule has 1 amide bonds. The Labute approximate surface area is 150 Å². The number of hydrogen-bond donors (Lipinski definition) is 1. The van der Waals surface area contributed by atoms with Crippen LogP contribution in [0.25, 0.3) is 0 Å². The van der Waals surface area contributed by atoms with E-state index in [0.29, 0.717) is 21.9 Å². The van der Waals surface area contributed by atoms with Gasteiger partial charge in [-0.05, 0) is 24.1 Å². The third-order valence-corrected chi connectivity index (χ3v) is 5.53. The van der Waals surface area contributed by atoms with Crippen LogP contribution in [-0.2, 0) is 11.2 Å². The zero-order chi connectivity index (χ0) is 17.5. The Morgan fingerprint density at radius 1 is 1.29 bits per heavy atom. The van der Waals surface area contributed by atoms with E-state index in [2.05, 4.69) is 29.4 Å². The number of carbonyl (C=O) groups is 1. The maximum atomic E-state index is 12.2. The fourth-order valence-electron chi connectivity index (χ4n) is 1.90. The van der Waals surface area contributed by atoms with Gasteiger partial charge in [0.2, 0.25) is 11.0 Å². The third-order valence-electron chi connectivity index (χ3n) is 3.34. The SMILES string of the molecule is CC[C@@H](C)Sc1nnc(NC(=O)Cc2ccc(OC)c(OC)c2)s1. The molecule has 1 heterocycles. The average molecular weight is 367 g/mol. The normalized spacial score (nSPS) is 11.8. The van der Waals surface area contributed by atoms with Crippen LogP contribution in [0, 0.1) is 0 Å². The molecular weight excluding hydrogens is 346 g/mol. The highest BCUT2D eigenvalue weighted by Crippen LogP contribution is 2.30. The molecule has 0 unspecified atom stereocenters. The van der Waals surface area contributed by atoms with Crippen molar-refractivity contribution in [3.8, 4) is 11.5 Å². The van der Waals surface area contributed by atoms with E-state index in [-0.39, 0.29) is 12.3 Å². The minimum Gasteiger partial charge on any atom is -0.493 e. The number of thioether (sulfide) groups is 1. The lowest BCUT2D eigenvalue weighted by Crippen LogP contribution is -2.14. The Kier molecular flexibility index (Phi) is 6.86. The molecule has 0 fully saturated rings. The predicted octanol–water partition coefficient (Wildman–Crippen LogP) is 3.63. The van der Waals surface area contributed by atoms with E-state index >= 15 is 0 Å². The van der Waals surface area contributed by atoms with Crippen LogP contribution in [0.4, 0.5) is 5.13 Å². The van der Waals surface area contributed by atoms with Crippen molar-refractivity contribution in [3.63, 3.8) is 0 Å².